The molecule has 1 aromatic heterocycles. The highest BCUT2D eigenvalue weighted by molar-refractivity contribution is 5.92. The Morgan fingerprint density at radius 1 is 0.913 bits per heavy atom. The van der Waals surface area contributed by atoms with Crippen molar-refractivity contribution in [3.63, 3.8) is 0 Å². The monoisotopic (exact) mass is 305 g/mol. The summed E-state index contributed by atoms with van der Waals surface area (Å²) in [6.45, 7) is 4.07. The average Bonchev–Trinajstić information content (AvgIpc) is 2.63. The van der Waals surface area contributed by atoms with Crippen LogP contribution in [0.1, 0.15) is 0 Å². The number of hydrogen-bond acceptors (Lipinski definition) is 4. The van der Waals surface area contributed by atoms with E-state index >= 15 is 0 Å². The zero-order chi connectivity index (χ0) is 15.5. The second-order valence-electron chi connectivity index (χ2n) is 5.66. The molecule has 1 aliphatic heterocycles. The number of pyridine rings is 1. The number of hydrogen-bond donors (Lipinski definition) is 1. The molecule has 1 saturated heterocycles. The van der Waals surface area contributed by atoms with Crippen molar-refractivity contribution in [2.24, 2.45) is 0 Å². The number of rotatable bonds is 3. The molecule has 0 atom stereocenters. The Bertz CT molecular complexity index is 798. The first kappa shape index (κ1) is 14.0. The summed E-state index contributed by atoms with van der Waals surface area (Å²) in [5, 5.41) is 4.54. The molecule has 1 aliphatic rings. The smallest absolute Gasteiger partial charge is 0.128 e. The summed E-state index contributed by atoms with van der Waals surface area (Å²) in [5.74, 6) is 1.69. The van der Waals surface area contributed by atoms with E-state index in [2.05, 4.69) is 27.3 Å². The first-order chi connectivity index (χ1) is 11.4. The van der Waals surface area contributed by atoms with Crippen LogP contribution in [0.2, 0.25) is 0 Å². The van der Waals surface area contributed by atoms with Crippen LogP contribution >= 0.6 is 0 Å². The van der Waals surface area contributed by atoms with Crippen LogP contribution in [0.5, 0.6) is 11.5 Å². The largest absolute Gasteiger partial charge is 0.457 e. The molecule has 4 heteroatoms. The maximum absolute atomic E-state index is 5.97. The molecule has 0 spiro atoms. The van der Waals surface area contributed by atoms with Gasteiger partial charge in [0.2, 0.25) is 0 Å². The molecule has 1 N–H and O–H groups in total. The molecular weight excluding hydrogens is 286 g/mol. The summed E-state index contributed by atoms with van der Waals surface area (Å²) in [6.07, 6.45) is 1.89. The van der Waals surface area contributed by atoms with Crippen molar-refractivity contribution in [2.75, 3.05) is 31.1 Å². The van der Waals surface area contributed by atoms with E-state index in [1.807, 2.05) is 48.7 Å². The van der Waals surface area contributed by atoms with E-state index in [-0.39, 0.29) is 0 Å². The van der Waals surface area contributed by atoms with E-state index in [0.29, 0.717) is 0 Å². The molecule has 0 unspecified atom stereocenters. The van der Waals surface area contributed by atoms with Gasteiger partial charge in [-0.3, -0.25) is 4.98 Å². The van der Waals surface area contributed by atoms with Gasteiger partial charge in [0, 0.05) is 43.4 Å². The fourth-order valence-corrected chi connectivity index (χ4v) is 2.98. The first-order valence-electron chi connectivity index (χ1n) is 7.97. The molecule has 23 heavy (non-hydrogen) atoms. The van der Waals surface area contributed by atoms with Gasteiger partial charge in [0.25, 0.3) is 0 Å². The predicted octanol–water partition coefficient (Wildman–Crippen LogP) is 3.44. The molecule has 2 aromatic carbocycles. The van der Waals surface area contributed by atoms with Gasteiger partial charge >= 0.3 is 0 Å². The molecule has 4 nitrogen and oxygen atoms in total. The topological polar surface area (TPSA) is 37.4 Å². The van der Waals surface area contributed by atoms with Crippen molar-refractivity contribution in [3.8, 4) is 11.5 Å². The lowest BCUT2D eigenvalue weighted by Gasteiger charge is -2.30. The highest BCUT2D eigenvalue weighted by Gasteiger charge is 2.14. The number of piperazine rings is 1. The average molecular weight is 305 g/mol. The fraction of sp³-hybridized carbons (Fsp3) is 0.211. The maximum atomic E-state index is 5.97. The summed E-state index contributed by atoms with van der Waals surface area (Å²) in [4.78, 5) is 6.90. The third-order valence-corrected chi connectivity index (χ3v) is 4.13. The molecular formula is C19H19N3O. The van der Waals surface area contributed by atoms with Crippen molar-refractivity contribution in [1.29, 1.82) is 0 Å². The van der Waals surface area contributed by atoms with Gasteiger partial charge in [-0.25, -0.2) is 0 Å². The van der Waals surface area contributed by atoms with Crippen LogP contribution in [0.15, 0.2) is 60.8 Å². The van der Waals surface area contributed by atoms with Crippen molar-refractivity contribution in [2.45, 2.75) is 0 Å². The van der Waals surface area contributed by atoms with Crippen LogP contribution in [0.25, 0.3) is 10.9 Å². The van der Waals surface area contributed by atoms with Crippen LogP contribution in [-0.4, -0.2) is 31.2 Å². The second kappa shape index (κ2) is 6.26. The third-order valence-electron chi connectivity index (χ3n) is 4.13. The van der Waals surface area contributed by atoms with Gasteiger partial charge in [0.15, 0.2) is 0 Å². The van der Waals surface area contributed by atoms with Gasteiger partial charge in [-0.1, -0.05) is 18.2 Å². The molecule has 116 valence electrons. The first-order valence-corrected chi connectivity index (χ1v) is 7.97. The van der Waals surface area contributed by atoms with Crippen molar-refractivity contribution < 1.29 is 4.74 Å². The minimum atomic E-state index is 0.841. The van der Waals surface area contributed by atoms with Gasteiger partial charge < -0.3 is 15.0 Å². The van der Waals surface area contributed by atoms with E-state index in [9.17, 15) is 0 Å². The number of aromatic nitrogens is 1. The Labute approximate surface area is 135 Å². The Morgan fingerprint density at radius 3 is 2.57 bits per heavy atom. The number of benzene rings is 2. The summed E-state index contributed by atoms with van der Waals surface area (Å²) in [5.41, 5.74) is 2.23. The van der Waals surface area contributed by atoms with E-state index in [4.69, 9.17) is 4.74 Å². The van der Waals surface area contributed by atoms with Gasteiger partial charge in [0.1, 0.15) is 11.5 Å². The number of ether oxygens (including phenoxy) is 1. The molecule has 0 radical (unpaired) electrons. The normalized spacial score (nSPS) is 14.9. The minimum absolute atomic E-state index is 0.841. The van der Waals surface area contributed by atoms with Gasteiger partial charge in [-0.15, -0.1) is 0 Å². The second-order valence-corrected chi connectivity index (χ2v) is 5.66. The van der Waals surface area contributed by atoms with E-state index in [1.165, 1.54) is 5.69 Å². The number of fused-ring (bicyclic) bond motifs is 1. The zero-order valence-corrected chi connectivity index (χ0v) is 12.9. The molecule has 0 aliphatic carbocycles. The van der Waals surface area contributed by atoms with Crippen LogP contribution in [0.3, 0.4) is 0 Å². The van der Waals surface area contributed by atoms with Crippen molar-refractivity contribution >= 4 is 16.6 Å². The van der Waals surface area contributed by atoms with E-state index < -0.39 is 0 Å². The van der Waals surface area contributed by atoms with Gasteiger partial charge in [-0.2, -0.15) is 0 Å². The van der Waals surface area contributed by atoms with E-state index in [0.717, 1.165) is 48.6 Å². The van der Waals surface area contributed by atoms with Crippen molar-refractivity contribution in [1.82, 2.24) is 10.3 Å². The SMILES string of the molecule is c1ccc(Oc2ccc3nccc(N4CCNCC4)c3c2)cc1. The van der Waals surface area contributed by atoms with Crippen LogP contribution in [0, 0.1) is 0 Å². The molecule has 0 bridgehead atoms. The summed E-state index contributed by atoms with van der Waals surface area (Å²) in [7, 11) is 0. The lowest BCUT2D eigenvalue weighted by atomic mass is 10.1. The Morgan fingerprint density at radius 2 is 1.74 bits per heavy atom. The summed E-state index contributed by atoms with van der Waals surface area (Å²) >= 11 is 0. The standard InChI is InChI=1S/C19H19N3O/c1-2-4-15(5-3-1)23-16-6-7-18-17(14-16)19(8-9-21-18)22-12-10-20-11-13-22/h1-9,14,20H,10-13H2. The number of nitrogens with one attached hydrogen (secondary N) is 1. The molecule has 0 amide bonds. The fourth-order valence-electron chi connectivity index (χ4n) is 2.98. The zero-order valence-electron chi connectivity index (χ0n) is 12.9. The molecule has 1 fully saturated rings. The highest BCUT2D eigenvalue weighted by atomic mass is 16.5. The Hall–Kier alpha value is -2.59. The highest BCUT2D eigenvalue weighted by Crippen LogP contribution is 2.31. The van der Waals surface area contributed by atoms with Gasteiger partial charge in [-0.05, 0) is 36.4 Å². The lowest BCUT2D eigenvalue weighted by Crippen LogP contribution is -2.43. The predicted molar refractivity (Wildman–Crippen MR) is 93.3 cm³/mol. The molecule has 0 saturated carbocycles. The molecule has 2 heterocycles. The molecule has 4 rings (SSSR count). The minimum Gasteiger partial charge on any atom is -0.457 e. The third kappa shape index (κ3) is 2.98. The lowest BCUT2D eigenvalue weighted by molar-refractivity contribution is 0.483. The van der Waals surface area contributed by atoms with Crippen LogP contribution < -0.4 is 15.0 Å². The number of nitrogens with zero attached hydrogens (tertiary/aromatic N) is 2. The maximum Gasteiger partial charge on any atom is 0.128 e. The number of anilines is 1. The Balaban J connectivity index is 1.71. The van der Waals surface area contributed by atoms with Crippen LogP contribution in [0.4, 0.5) is 5.69 Å². The summed E-state index contributed by atoms with van der Waals surface area (Å²) < 4.78 is 5.97. The number of para-hydroxylation sites is 1. The van der Waals surface area contributed by atoms with E-state index in [1.54, 1.807) is 0 Å². The summed E-state index contributed by atoms with van der Waals surface area (Å²) in [6, 6.07) is 18.1. The van der Waals surface area contributed by atoms with Gasteiger partial charge in [0.05, 0.1) is 5.52 Å². The Kier molecular flexibility index (Phi) is 3.82. The van der Waals surface area contributed by atoms with Crippen molar-refractivity contribution in [3.05, 3.63) is 60.8 Å². The van der Waals surface area contributed by atoms with Crippen LogP contribution in [-0.2, 0) is 0 Å². The molecule has 3 aromatic rings. The quantitative estimate of drug-likeness (QED) is 0.804.